The van der Waals surface area contributed by atoms with Gasteiger partial charge in [0, 0.05) is 18.0 Å². The average Bonchev–Trinajstić information content (AvgIpc) is 2.38. The molecule has 4 heteroatoms. The predicted molar refractivity (Wildman–Crippen MR) is 75.1 cm³/mol. The first kappa shape index (κ1) is 15.9. The van der Waals surface area contributed by atoms with Crippen LogP contribution in [0.5, 0.6) is 0 Å². The van der Waals surface area contributed by atoms with E-state index in [0.717, 1.165) is 19.0 Å². The minimum absolute atomic E-state index is 0.191. The van der Waals surface area contributed by atoms with Crippen molar-refractivity contribution in [2.75, 3.05) is 6.54 Å². The molecular weight excluding hydrogens is 268 g/mol. The number of halogens is 3. The number of nitrogens with one attached hydrogen (secondary N) is 1. The second-order valence-electron chi connectivity index (χ2n) is 4.26. The maximum absolute atomic E-state index is 13.9. The van der Waals surface area contributed by atoms with Crippen molar-refractivity contribution in [2.24, 2.45) is 0 Å². The molecule has 19 heavy (non-hydrogen) atoms. The third-order valence-electron chi connectivity index (χ3n) is 2.79. The van der Waals surface area contributed by atoms with Crippen LogP contribution < -0.4 is 5.32 Å². The van der Waals surface area contributed by atoms with E-state index in [1.807, 2.05) is 6.92 Å². The molecule has 0 radical (unpaired) electrons. The molecule has 0 aliphatic rings. The topological polar surface area (TPSA) is 12.0 Å². The third-order valence-corrected chi connectivity index (χ3v) is 3.08. The Hall–Kier alpha value is -1.11. The number of benzene rings is 1. The summed E-state index contributed by atoms with van der Waals surface area (Å²) in [6, 6.07) is 1.95. The highest BCUT2D eigenvalue weighted by Gasteiger charge is 2.17. The standard InChI is InChI=1S/C15H18ClF2N/c1-3-5-6-7-15(19-8-4-2)11-9-14(18)12(16)10-13(11)17/h9-10,15,19H,4,6-8H2,1-2H3. The molecule has 1 unspecified atom stereocenters. The molecule has 0 heterocycles. The van der Waals surface area contributed by atoms with E-state index >= 15 is 0 Å². The fraction of sp³-hybridized carbons (Fsp3) is 0.467. The molecule has 0 aliphatic heterocycles. The van der Waals surface area contributed by atoms with E-state index < -0.39 is 11.6 Å². The van der Waals surface area contributed by atoms with Gasteiger partial charge in [0.05, 0.1) is 5.02 Å². The van der Waals surface area contributed by atoms with Gasteiger partial charge in [0.1, 0.15) is 11.6 Å². The first-order valence-electron chi connectivity index (χ1n) is 6.37. The Morgan fingerprint density at radius 1 is 1.32 bits per heavy atom. The molecule has 0 aromatic heterocycles. The highest BCUT2D eigenvalue weighted by molar-refractivity contribution is 6.30. The highest BCUT2D eigenvalue weighted by atomic mass is 35.5. The minimum atomic E-state index is -0.594. The van der Waals surface area contributed by atoms with E-state index in [1.165, 1.54) is 6.07 Å². The molecule has 1 rings (SSSR count). The van der Waals surface area contributed by atoms with Gasteiger partial charge in [-0.25, -0.2) is 8.78 Å². The van der Waals surface area contributed by atoms with Crippen LogP contribution in [0.25, 0.3) is 0 Å². The zero-order valence-electron chi connectivity index (χ0n) is 11.2. The van der Waals surface area contributed by atoms with Gasteiger partial charge >= 0.3 is 0 Å². The normalized spacial score (nSPS) is 11.8. The van der Waals surface area contributed by atoms with E-state index in [9.17, 15) is 8.78 Å². The smallest absolute Gasteiger partial charge is 0.142 e. The van der Waals surface area contributed by atoms with Gasteiger partial charge in [0.15, 0.2) is 0 Å². The van der Waals surface area contributed by atoms with Gasteiger partial charge in [0.25, 0.3) is 0 Å². The molecule has 0 saturated carbocycles. The minimum Gasteiger partial charge on any atom is -0.310 e. The van der Waals surface area contributed by atoms with E-state index in [1.54, 1.807) is 6.92 Å². The molecule has 1 nitrogen and oxygen atoms in total. The van der Waals surface area contributed by atoms with Crippen LogP contribution in [-0.4, -0.2) is 6.54 Å². The summed E-state index contributed by atoms with van der Waals surface area (Å²) in [5.41, 5.74) is 0.313. The van der Waals surface area contributed by atoms with Crippen molar-refractivity contribution in [3.8, 4) is 11.8 Å². The molecule has 0 saturated heterocycles. The second kappa shape index (κ2) is 8.14. The van der Waals surface area contributed by atoms with Crippen molar-refractivity contribution in [3.05, 3.63) is 34.4 Å². The van der Waals surface area contributed by atoms with Gasteiger partial charge < -0.3 is 5.32 Å². The molecule has 0 spiro atoms. The Morgan fingerprint density at radius 3 is 2.68 bits per heavy atom. The summed E-state index contributed by atoms with van der Waals surface area (Å²) >= 11 is 5.56. The lowest BCUT2D eigenvalue weighted by molar-refractivity contribution is 0.473. The van der Waals surface area contributed by atoms with Crippen LogP contribution in [0.1, 0.15) is 44.7 Å². The summed E-state index contributed by atoms with van der Waals surface area (Å²) in [4.78, 5) is 0. The Kier molecular flexibility index (Phi) is 6.83. The quantitative estimate of drug-likeness (QED) is 0.601. The Bertz CT molecular complexity index is 477. The van der Waals surface area contributed by atoms with Crippen molar-refractivity contribution in [1.82, 2.24) is 5.32 Å². The maximum atomic E-state index is 13.9. The zero-order chi connectivity index (χ0) is 14.3. The van der Waals surface area contributed by atoms with Gasteiger partial charge in [-0.1, -0.05) is 18.5 Å². The summed E-state index contributed by atoms with van der Waals surface area (Å²) < 4.78 is 27.4. The molecule has 0 bridgehead atoms. The summed E-state index contributed by atoms with van der Waals surface area (Å²) in [6.07, 6.45) is 2.20. The summed E-state index contributed by atoms with van der Waals surface area (Å²) in [5, 5.41) is 3.02. The number of hydrogen-bond donors (Lipinski definition) is 1. The van der Waals surface area contributed by atoms with E-state index in [4.69, 9.17) is 11.6 Å². The van der Waals surface area contributed by atoms with Crippen LogP contribution in [0.2, 0.25) is 5.02 Å². The first-order valence-corrected chi connectivity index (χ1v) is 6.75. The van der Waals surface area contributed by atoms with Crippen molar-refractivity contribution in [3.63, 3.8) is 0 Å². The highest BCUT2D eigenvalue weighted by Crippen LogP contribution is 2.26. The second-order valence-corrected chi connectivity index (χ2v) is 4.67. The molecule has 0 fully saturated rings. The Morgan fingerprint density at radius 2 is 2.05 bits per heavy atom. The van der Waals surface area contributed by atoms with E-state index in [0.29, 0.717) is 18.4 Å². The molecule has 0 aliphatic carbocycles. The summed E-state index contributed by atoms with van der Waals surface area (Å²) in [6.45, 7) is 4.53. The van der Waals surface area contributed by atoms with Crippen molar-refractivity contribution in [2.45, 2.75) is 39.2 Å². The molecular formula is C15H18ClF2N. The Labute approximate surface area is 118 Å². The van der Waals surface area contributed by atoms with Gasteiger partial charge in [-0.05, 0) is 38.4 Å². The molecule has 0 amide bonds. The monoisotopic (exact) mass is 285 g/mol. The maximum Gasteiger partial charge on any atom is 0.142 e. The largest absolute Gasteiger partial charge is 0.310 e. The van der Waals surface area contributed by atoms with E-state index in [-0.39, 0.29) is 11.1 Å². The van der Waals surface area contributed by atoms with Crippen LogP contribution in [0.15, 0.2) is 12.1 Å². The molecule has 1 aromatic carbocycles. The summed E-state index contributed by atoms with van der Waals surface area (Å²) in [5.74, 6) is 4.66. The SMILES string of the molecule is CC#CCCC(NCCC)c1cc(F)c(Cl)cc1F. The van der Waals surface area contributed by atoms with Crippen LogP contribution in [-0.2, 0) is 0 Å². The average molecular weight is 286 g/mol. The van der Waals surface area contributed by atoms with Gasteiger partial charge in [-0.2, -0.15) is 0 Å². The third kappa shape index (κ3) is 4.81. The molecule has 1 aromatic rings. The molecule has 104 valence electrons. The lowest BCUT2D eigenvalue weighted by Crippen LogP contribution is -2.23. The molecule has 1 N–H and O–H groups in total. The van der Waals surface area contributed by atoms with Crippen molar-refractivity contribution >= 4 is 11.6 Å². The van der Waals surface area contributed by atoms with Crippen LogP contribution >= 0.6 is 11.6 Å². The van der Waals surface area contributed by atoms with Crippen molar-refractivity contribution in [1.29, 1.82) is 0 Å². The number of rotatable bonds is 6. The Balaban J connectivity index is 2.93. The lowest BCUT2D eigenvalue weighted by Gasteiger charge is -2.19. The lowest BCUT2D eigenvalue weighted by atomic mass is 10.0. The van der Waals surface area contributed by atoms with E-state index in [2.05, 4.69) is 17.2 Å². The van der Waals surface area contributed by atoms with Crippen LogP contribution in [0.4, 0.5) is 8.78 Å². The van der Waals surface area contributed by atoms with Crippen molar-refractivity contribution < 1.29 is 8.78 Å². The van der Waals surface area contributed by atoms with Gasteiger partial charge in [0.2, 0.25) is 0 Å². The number of hydrogen-bond acceptors (Lipinski definition) is 1. The van der Waals surface area contributed by atoms with Crippen LogP contribution in [0, 0.1) is 23.5 Å². The van der Waals surface area contributed by atoms with Crippen LogP contribution in [0.3, 0.4) is 0 Å². The van der Waals surface area contributed by atoms with Gasteiger partial charge in [-0.15, -0.1) is 11.8 Å². The fourth-order valence-electron chi connectivity index (χ4n) is 1.83. The van der Waals surface area contributed by atoms with Gasteiger partial charge in [-0.3, -0.25) is 0 Å². The summed E-state index contributed by atoms with van der Waals surface area (Å²) in [7, 11) is 0. The predicted octanol–water partition coefficient (Wildman–Crippen LogP) is 4.46. The molecule has 1 atom stereocenters. The first-order chi connectivity index (χ1) is 9.10. The zero-order valence-corrected chi connectivity index (χ0v) is 12.0. The fourth-order valence-corrected chi connectivity index (χ4v) is 1.98.